The molecular formula is C8H17N7O2S. The number of hydrogen-bond donors (Lipinski definition) is 3. The van der Waals surface area contributed by atoms with Gasteiger partial charge in [0.05, 0.1) is 12.3 Å². The van der Waals surface area contributed by atoms with Crippen LogP contribution in [0.3, 0.4) is 0 Å². The summed E-state index contributed by atoms with van der Waals surface area (Å²) < 4.78 is 25.9. The topological polar surface area (TPSA) is 116 Å². The van der Waals surface area contributed by atoms with Crippen LogP contribution in [0, 0.1) is 0 Å². The van der Waals surface area contributed by atoms with Gasteiger partial charge in [-0.3, -0.25) is 4.90 Å². The molecule has 0 spiro atoms. The summed E-state index contributed by atoms with van der Waals surface area (Å²) in [5.41, 5.74) is 0. The van der Waals surface area contributed by atoms with E-state index in [0.717, 1.165) is 26.2 Å². The maximum atomic E-state index is 11.7. The van der Waals surface area contributed by atoms with E-state index < -0.39 is 10.0 Å². The Bertz CT molecular complexity index is 440. The standard InChI is InChI=1S/C8H17N7O2S/c16-18(17,10-7-8-11-13-14-12-8)6-5-15-3-1-9-2-4-15/h9-10H,1-7H2,(H,11,12,13,14). The monoisotopic (exact) mass is 275 g/mol. The second kappa shape index (κ2) is 6.18. The number of nitrogens with one attached hydrogen (secondary N) is 3. The molecule has 9 nitrogen and oxygen atoms in total. The Morgan fingerprint density at radius 2 is 2.11 bits per heavy atom. The highest BCUT2D eigenvalue weighted by molar-refractivity contribution is 7.89. The van der Waals surface area contributed by atoms with Gasteiger partial charge in [0.15, 0.2) is 5.82 Å². The number of tetrazole rings is 1. The van der Waals surface area contributed by atoms with E-state index in [2.05, 4.69) is 35.6 Å². The molecule has 1 aliphatic heterocycles. The minimum absolute atomic E-state index is 0.0698. The van der Waals surface area contributed by atoms with Crippen molar-refractivity contribution in [3.63, 3.8) is 0 Å². The lowest BCUT2D eigenvalue weighted by molar-refractivity contribution is 0.253. The van der Waals surface area contributed by atoms with Crippen molar-refractivity contribution in [2.45, 2.75) is 6.54 Å². The van der Waals surface area contributed by atoms with Gasteiger partial charge in [-0.05, 0) is 0 Å². The van der Waals surface area contributed by atoms with Crippen LogP contribution in [-0.4, -0.2) is 72.4 Å². The summed E-state index contributed by atoms with van der Waals surface area (Å²) in [6, 6.07) is 0. The van der Waals surface area contributed by atoms with Crippen molar-refractivity contribution < 1.29 is 8.42 Å². The molecule has 0 saturated carbocycles. The van der Waals surface area contributed by atoms with Crippen molar-refractivity contribution in [1.82, 2.24) is 35.6 Å². The molecule has 0 radical (unpaired) electrons. The SMILES string of the molecule is O=S(=O)(CCN1CCNCC1)NCc1nn[nH]n1. The van der Waals surface area contributed by atoms with Gasteiger partial charge >= 0.3 is 0 Å². The van der Waals surface area contributed by atoms with Gasteiger partial charge in [-0.15, -0.1) is 10.2 Å². The van der Waals surface area contributed by atoms with Crippen molar-refractivity contribution in [1.29, 1.82) is 0 Å². The van der Waals surface area contributed by atoms with Crippen LogP contribution in [0.2, 0.25) is 0 Å². The highest BCUT2D eigenvalue weighted by atomic mass is 32.2. The number of piperazine rings is 1. The fraction of sp³-hybridized carbons (Fsp3) is 0.875. The van der Waals surface area contributed by atoms with Crippen LogP contribution in [0.15, 0.2) is 0 Å². The number of aromatic nitrogens is 4. The number of H-pyrrole nitrogens is 1. The fourth-order valence-corrected chi connectivity index (χ4v) is 2.68. The first-order chi connectivity index (χ1) is 8.66. The van der Waals surface area contributed by atoms with Crippen LogP contribution in [0.1, 0.15) is 5.82 Å². The van der Waals surface area contributed by atoms with Gasteiger partial charge < -0.3 is 5.32 Å². The van der Waals surface area contributed by atoms with Crippen LogP contribution in [0.25, 0.3) is 0 Å². The number of hydrogen-bond acceptors (Lipinski definition) is 7. The molecule has 1 aromatic rings. The zero-order valence-electron chi connectivity index (χ0n) is 9.96. The minimum Gasteiger partial charge on any atom is -0.314 e. The van der Waals surface area contributed by atoms with Gasteiger partial charge in [-0.2, -0.15) is 5.21 Å². The normalized spacial score (nSPS) is 18.0. The first-order valence-corrected chi connectivity index (χ1v) is 7.44. The summed E-state index contributed by atoms with van der Waals surface area (Å²) in [7, 11) is -3.29. The molecule has 0 aromatic carbocycles. The van der Waals surface area contributed by atoms with Gasteiger partial charge in [0.1, 0.15) is 0 Å². The van der Waals surface area contributed by atoms with Crippen LogP contribution in [0.4, 0.5) is 0 Å². The van der Waals surface area contributed by atoms with Crippen LogP contribution in [-0.2, 0) is 16.6 Å². The van der Waals surface area contributed by atoms with Crippen LogP contribution >= 0.6 is 0 Å². The Balaban J connectivity index is 1.73. The number of sulfonamides is 1. The molecule has 1 fully saturated rings. The summed E-state index contributed by atoms with van der Waals surface area (Å²) in [6.07, 6.45) is 0. The molecule has 0 amide bonds. The second-order valence-corrected chi connectivity index (χ2v) is 5.99. The van der Waals surface area contributed by atoms with Crippen molar-refractivity contribution in [2.75, 3.05) is 38.5 Å². The molecule has 1 saturated heterocycles. The summed E-state index contributed by atoms with van der Waals surface area (Å²) in [5.74, 6) is 0.422. The molecule has 0 atom stereocenters. The predicted octanol–water partition coefficient (Wildman–Crippen LogP) is -2.48. The third-order valence-electron chi connectivity index (χ3n) is 2.73. The smallest absolute Gasteiger partial charge is 0.213 e. The average Bonchev–Trinajstić information content (AvgIpc) is 2.89. The molecule has 1 aromatic heterocycles. The third kappa shape index (κ3) is 4.29. The number of nitrogens with zero attached hydrogens (tertiary/aromatic N) is 4. The van der Waals surface area contributed by atoms with Gasteiger partial charge in [0.2, 0.25) is 10.0 Å². The molecule has 2 rings (SSSR count). The number of rotatable bonds is 6. The van der Waals surface area contributed by atoms with E-state index in [1.54, 1.807) is 0 Å². The van der Waals surface area contributed by atoms with Gasteiger partial charge in [0, 0.05) is 32.7 Å². The predicted molar refractivity (Wildman–Crippen MR) is 64.1 cm³/mol. The lowest BCUT2D eigenvalue weighted by Crippen LogP contribution is -2.45. The Morgan fingerprint density at radius 1 is 1.33 bits per heavy atom. The van der Waals surface area contributed by atoms with Crippen molar-refractivity contribution in [3.8, 4) is 0 Å². The van der Waals surface area contributed by atoms with Gasteiger partial charge in [0.25, 0.3) is 0 Å². The summed E-state index contributed by atoms with van der Waals surface area (Å²) >= 11 is 0. The highest BCUT2D eigenvalue weighted by Crippen LogP contribution is 1.95. The Hall–Kier alpha value is -1.10. The molecular weight excluding hydrogens is 258 g/mol. The molecule has 102 valence electrons. The van der Waals surface area contributed by atoms with Gasteiger partial charge in [-0.25, -0.2) is 13.1 Å². The van der Waals surface area contributed by atoms with E-state index in [0.29, 0.717) is 12.4 Å². The maximum Gasteiger partial charge on any atom is 0.213 e. The highest BCUT2D eigenvalue weighted by Gasteiger charge is 2.15. The van der Waals surface area contributed by atoms with E-state index in [1.807, 2.05) is 0 Å². The summed E-state index contributed by atoms with van der Waals surface area (Å²) in [5, 5.41) is 16.2. The molecule has 10 heteroatoms. The quantitative estimate of drug-likeness (QED) is 0.526. The van der Waals surface area contributed by atoms with Crippen molar-refractivity contribution >= 4 is 10.0 Å². The zero-order valence-corrected chi connectivity index (χ0v) is 10.8. The molecule has 2 heterocycles. The first kappa shape index (κ1) is 13.3. The summed E-state index contributed by atoms with van der Waals surface area (Å²) in [6.45, 7) is 4.22. The fourth-order valence-electron chi connectivity index (χ4n) is 1.69. The van der Waals surface area contributed by atoms with E-state index >= 15 is 0 Å². The molecule has 3 N–H and O–H groups in total. The van der Waals surface area contributed by atoms with E-state index in [1.165, 1.54) is 0 Å². The molecule has 0 aliphatic carbocycles. The van der Waals surface area contributed by atoms with E-state index in [-0.39, 0.29) is 12.3 Å². The van der Waals surface area contributed by atoms with E-state index in [4.69, 9.17) is 0 Å². The minimum atomic E-state index is -3.29. The van der Waals surface area contributed by atoms with E-state index in [9.17, 15) is 8.42 Å². The lowest BCUT2D eigenvalue weighted by Gasteiger charge is -2.26. The van der Waals surface area contributed by atoms with Crippen LogP contribution in [0.5, 0.6) is 0 Å². The van der Waals surface area contributed by atoms with Crippen LogP contribution < -0.4 is 10.0 Å². The largest absolute Gasteiger partial charge is 0.314 e. The second-order valence-electron chi connectivity index (χ2n) is 4.06. The molecule has 18 heavy (non-hydrogen) atoms. The van der Waals surface area contributed by atoms with Crippen molar-refractivity contribution in [3.05, 3.63) is 5.82 Å². The Labute approximate surface area is 105 Å². The molecule has 0 bridgehead atoms. The van der Waals surface area contributed by atoms with Crippen molar-refractivity contribution in [2.24, 2.45) is 0 Å². The zero-order chi connectivity index (χ0) is 12.8. The molecule has 1 aliphatic rings. The number of aromatic amines is 1. The Morgan fingerprint density at radius 3 is 2.78 bits per heavy atom. The summed E-state index contributed by atoms with van der Waals surface area (Å²) in [4.78, 5) is 2.13. The third-order valence-corrected chi connectivity index (χ3v) is 4.03. The average molecular weight is 275 g/mol. The molecule has 0 unspecified atom stereocenters. The maximum absolute atomic E-state index is 11.7. The van der Waals surface area contributed by atoms with Gasteiger partial charge in [-0.1, -0.05) is 5.21 Å². The Kier molecular flexibility index (Phi) is 4.58. The lowest BCUT2D eigenvalue weighted by atomic mass is 10.4. The first-order valence-electron chi connectivity index (χ1n) is 5.78.